The van der Waals surface area contributed by atoms with Gasteiger partial charge in [0.25, 0.3) is 0 Å². The van der Waals surface area contributed by atoms with Crippen molar-refractivity contribution < 1.29 is 0 Å². The quantitative estimate of drug-likeness (QED) is 0.792. The molecule has 1 unspecified atom stereocenters. The first-order chi connectivity index (χ1) is 12.2. The number of hydrogen-bond donors (Lipinski definition) is 1. The maximum absolute atomic E-state index is 4.63. The molecule has 0 saturated carbocycles. The number of nitrogens with zero attached hydrogens (tertiary/aromatic N) is 5. The Morgan fingerprint density at radius 3 is 2.80 bits per heavy atom. The molecule has 2 aromatic heterocycles. The fourth-order valence-corrected chi connectivity index (χ4v) is 3.28. The lowest BCUT2D eigenvalue weighted by molar-refractivity contribution is 0.797. The van der Waals surface area contributed by atoms with Crippen molar-refractivity contribution in [2.75, 3.05) is 42.3 Å². The van der Waals surface area contributed by atoms with Crippen molar-refractivity contribution >= 4 is 28.4 Å². The molecule has 3 heterocycles. The standard InChI is InChI=1S/C19H22N6/c1-24(2)19-21-11-8-17(23-19)22-15-9-12-25(13-15)18-16-6-4-3-5-14(16)7-10-20-18/h3-8,10-11,15H,9,12-13H2,1-2H3,(H,21,22,23). The highest BCUT2D eigenvalue weighted by Crippen LogP contribution is 2.27. The Hall–Kier alpha value is -2.89. The van der Waals surface area contributed by atoms with Crippen LogP contribution in [0.4, 0.5) is 17.6 Å². The van der Waals surface area contributed by atoms with Crippen LogP contribution >= 0.6 is 0 Å². The summed E-state index contributed by atoms with van der Waals surface area (Å²) < 4.78 is 0. The zero-order valence-corrected chi connectivity index (χ0v) is 14.6. The zero-order chi connectivity index (χ0) is 17.2. The summed E-state index contributed by atoms with van der Waals surface area (Å²) >= 11 is 0. The van der Waals surface area contributed by atoms with Crippen LogP contribution in [0.1, 0.15) is 6.42 Å². The van der Waals surface area contributed by atoms with E-state index < -0.39 is 0 Å². The number of nitrogens with one attached hydrogen (secondary N) is 1. The predicted molar refractivity (Wildman–Crippen MR) is 102 cm³/mol. The van der Waals surface area contributed by atoms with Crippen LogP contribution in [-0.4, -0.2) is 48.2 Å². The Labute approximate surface area is 147 Å². The van der Waals surface area contributed by atoms with Crippen molar-refractivity contribution in [1.29, 1.82) is 0 Å². The fourth-order valence-electron chi connectivity index (χ4n) is 3.28. The highest BCUT2D eigenvalue weighted by Gasteiger charge is 2.24. The van der Waals surface area contributed by atoms with Crippen LogP contribution in [0.25, 0.3) is 10.8 Å². The second kappa shape index (κ2) is 6.55. The summed E-state index contributed by atoms with van der Waals surface area (Å²) in [7, 11) is 3.89. The summed E-state index contributed by atoms with van der Waals surface area (Å²) in [5, 5.41) is 5.98. The van der Waals surface area contributed by atoms with E-state index in [4.69, 9.17) is 0 Å². The molecule has 1 N–H and O–H groups in total. The van der Waals surface area contributed by atoms with E-state index >= 15 is 0 Å². The SMILES string of the molecule is CN(C)c1nccc(NC2CCN(c3nccc4ccccc34)C2)n1. The van der Waals surface area contributed by atoms with Crippen molar-refractivity contribution in [3.8, 4) is 0 Å². The number of rotatable bonds is 4. The zero-order valence-electron chi connectivity index (χ0n) is 14.6. The van der Waals surface area contributed by atoms with Crippen LogP contribution in [0.3, 0.4) is 0 Å². The van der Waals surface area contributed by atoms with Gasteiger partial charge in [0.1, 0.15) is 11.6 Å². The minimum absolute atomic E-state index is 0.352. The molecule has 128 valence electrons. The molecule has 0 radical (unpaired) electrons. The summed E-state index contributed by atoms with van der Waals surface area (Å²) in [4.78, 5) is 17.7. The minimum atomic E-state index is 0.352. The molecule has 1 fully saturated rings. The van der Waals surface area contributed by atoms with Gasteiger partial charge in [0.05, 0.1) is 0 Å². The fraction of sp³-hybridized carbons (Fsp3) is 0.316. The third-order valence-corrected chi connectivity index (χ3v) is 4.54. The molecule has 0 amide bonds. The molecule has 6 heteroatoms. The molecule has 3 aromatic rings. The van der Waals surface area contributed by atoms with Gasteiger partial charge in [0, 0.05) is 51.0 Å². The molecule has 0 spiro atoms. The molecule has 0 aliphatic carbocycles. The normalized spacial score (nSPS) is 17.0. The summed E-state index contributed by atoms with van der Waals surface area (Å²) in [6.07, 6.45) is 4.75. The molecule has 25 heavy (non-hydrogen) atoms. The number of pyridine rings is 1. The Kier molecular flexibility index (Phi) is 4.09. The maximum Gasteiger partial charge on any atom is 0.226 e. The molecule has 1 aliphatic heterocycles. The van der Waals surface area contributed by atoms with E-state index in [1.807, 2.05) is 31.3 Å². The summed E-state index contributed by atoms with van der Waals surface area (Å²) in [6.45, 7) is 1.91. The Morgan fingerprint density at radius 1 is 1.08 bits per heavy atom. The molecule has 1 saturated heterocycles. The summed E-state index contributed by atoms with van der Waals surface area (Å²) in [6, 6.07) is 12.8. The second-order valence-electron chi connectivity index (χ2n) is 6.57. The molecule has 1 aromatic carbocycles. The van der Waals surface area contributed by atoms with Crippen molar-refractivity contribution in [2.45, 2.75) is 12.5 Å². The van der Waals surface area contributed by atoms with Crippen LogP contribution < -0.4 is 15.1 Å². The van der Waals surface area contributed by atoms with Gasteiger partial charge in [-0.2, -0.15) is 4.98 Å². The molecule has 6 nitrogen and oxygen atoms in total. The van der Waals surface area contributed by atoms with Gasteiger partial charge in [-0.25, -0.2) is 9.97 Å². The first-order valence-corrected chi connectivity index (χ1v) is 8.56. The number of benzene rings is 1. The monoisotopic (exact) mass is 334 g/mol. The first kappa shape index (κ1) is 15.6. The van der Waals surface area contributed by atoms with E-state index in [1.165, 1.54) is 10.8 Å². The largest absolute Gasteiger partial charge is 0.365 e. The number of aromatic nitrogens is 3. The van der Waals surface area contributed by atoms with E-state index in [1.54, 1.807) is 6.20 Å². The lowest BCUT2D eigenvalue weighted by atomic mass is 10.1. The Morgan fingerprint density at radius 2 is 1.92 bits per heavy atom. The van der Waals surface area contributed by atoms with Crippen molar-refractivity contribution in [2.24, 2.45) is 0 Å². The Bertz CT molecular complexity index is 873. The van der Waals surface area contributed by atoms with Crippen LogP contribution in [0.2, 0.25) is 0 Å². The summed E-state index contributed by atoms with van der Waals surface area (Å²) in [5.74, 6) is 2.66. The Balaban J connectivity index is 1.51. The third kappa shape index (κ3) is 3.20. The van der Waals surface area contributed by atoms with Gasteiger partial charge in [0.2, 0.25) is 5.95 Å². The van der Waals surface area contributed by atoms with Crippen molar-refractivity contribution in [1.82, 2.24) is 15.0 Å². The average Bonchev–Trinajstić information content (AvgIpc) is 3.09. The van der Waals surface area contributed by atoms with Crippen LogP contribution in [0.15, 0.2) is 48.8 Å². The highest BCUT2D eigenvalue weighted by molar-refractivity contribution is 5.92. The lowest BCUT2D eigenvalue weighted by Crippen LogP contribution is -2.27. The smallest absolute Gasteiger partial charge is 0.226 e. The van der Waals surface area contributed by atoms with Crippen molar-refractivity contribution in [3.05, 3.63) is 48.8 Å². The van der Waals surface area contributed by atoms with Gasteiger partial charge in [0.15, 0.2) is 0 Å². The average molecular weight is 334 g/mol. The van der Waals surface area contributed by atoms with Gasteiger partial charge in [-0.15, -0.1) is 0 Å². The first-order valence-electron chi connectivity index (χ1n) is 8.56. The number of fused-ring (bicyclic) bond motifs is 1. The molecule has 1 atom stereocenters. The van der Waals surface area contributed by atoms with E-state index in [2.05, 4.69) is 55.5 Å². The van der Waals surface area contributed by atoms with Crippen LogP contribution in [-0.2, 0) is 0 Å². The molecule has 1 aliphatic rings. The van der Waals surface area contributed by atoms with Gasteiger partial charge >= 0.3 is 0 Å². The van der Waals surface area contributed by atoms with Gasteiger partial charge in [-0.1, -0.05) is 24.3 Å². The van der Waals surface area contributed by atoms with E-state index in [0.717, 1.165) is 37.1 Å². The van der Waals surface area contributed by atoms with E-state index in [0.29, 0.717) is 6.04 Å². The lowest BCUT2D eigenvalue weighted by Gasteiger charge is -2.20. The predicted octanol–water partition coefficient (Wildman–Crippen LogP) is 2.78. The molecule has 0 bridgehead atoms. The second-order valence-corrected chi connectivity index (χ2v) is 6.57. The molecular weight excluding hydrogens is 312 g/mol. The molecule has 4 rings (SSSR count). The molecular formula is C19H22N6. The van der Waals surface area contributed by atoms with Crippen LogP contribution in [0, 0.1) is 0 Å². The number of hydrogen-bond acceptors (Lipinski definition) is 6. The van der Waals surface area contributed by atoms with Crippen LogP contribution in [0.5, 0.6) is 0 Å². The number of anilines is 3. The van der Waals surface area contributed by atoms with Crippen molar-refractivity contribution in [3.63, 3.8) is 0 Å². The van der Waals surface area contributed by atoms with Gasteiger partial charge in [-0.05, 0) is 23.9 Å². The summed E-state index contributed by atoms with van der Waals surface area (Å²) in [5.41, 5.74) is 0. The van der Waals surface area contributed by atoms with Gasteiger partial charge in [-0.3, -0.25) is 0 Å². The van der Waals surface area contributed by atoms with E-state index in [-0.39, 0.29) is 0 Å². The topological polar surface area (TPSA) is 57.2 Å². The van der Waals surface area contributed by atoms with Gasteiger partial charge < -0.3 is 15.1 Å². The van der Waals surface area contributed by atoms with E-state index in [9.17, 15) is 0 Å². The highest BCUT2D eigenvalue weighted by atomic mass is 15.3. The third-order valence-electron chi connectivity index (χ3n) is 4.54. The minimum Gasteiger partial charge on any atom is -0.365 e. The maximum atomic E-state index is 4.63.